The van der Waals surface area contributed by atoms with Crippen molar-refractivity contribution >= 4 is 22.9 Å². The lowest BCUT2D eigenvalue weighted by Crippen LogP contribution is -2.15. The first-order valence-corrected chi connectivity index (χ1v) is 9.84. The minimum atomic E-state index is -0.0683. The van der Waals surface area contributed by atoms with E-state index in [0.29, 0.717) is 0 Å². The summed E-state index contributed by atoms with van der Waals surface area (Å²) in [7, 11) is 0. The van der Waals surface area contributed by atoms with Gasteiger partial charge in [0.05, 0.1) is 0 Å². The number of para-hydroxylation sites is 1. The average molecular weight is 397 g/mol. The lowest BCUT2D eigenvalue weighted by atomic mass is 10.0. The van der Waals surface area contributed by atoms with Gasteiger partial charge in [-0.3, -0.25) is 14.8 Å². The Kier molecular flexibility index (Phi) is 5.70. The van der Waals surface area contributed by atoms with Crippen LogP contribution >= 0.6 is 0 Å². The second kappa shape index (κ2) is 8.74. The van der Waals surface area contributed by atoms with E-state index >= 15 is 0 Å². The highest BCUT2D eigenvalue weighted by atomic mass is 16.5. The molecule has 0 radical (unpaired) electrons. The smallest absolute Gasteiger partial charge is 0.191 e. The molecule has 2 aromatic carbocycles. The summed E-state index contributed by atoms with van der Waals surface area (Å²) in [6, 6.07) is 16.0. The largest absolute Gasteiger partial charge is 0.485 e. The van der Waals surface area contributed by atoms with Gasteiger partial charge in [-0.25, -0.2) is 0 Å². The van der Waals surface area contributed by atoms with Crippen LogP contribution in [0.1, 0.15) is 16.7 Å². The minimum Gasteiger partial charge on any atom is -0.485 e. The molecule has 0 unspecified atom stereocenters. The number of aliphatic imine (C=N–C) groups is 1. The van der Waals surface area contributed by atoms with Crippen molar-refractivity contribution in [3.8, 4) is 16.9 Å². The molecule has 0 aliphatic heterocycles. The number of ether oxygens (including phenoxy) is 1. The van der Waals surface area contributed by atoms with E-state index in [9.17, 15) is 4.79 Å². The number of H-pyrrole nitrogens is 1. The monoisotopic (exact) mass is 397 g/mol. The van der Waals surface area contributed by atoms with Crippen molar-refractivity contribution in [2.75, 3.05) is 13.2 Å². The third-order valence-corrected chi connectivity index (χ3v) is 4.95. The Hall–Kier alpha value is -3.73. The second-order valence-electron chi connectivity index (χ2n) is 7.27. The van der Waals surface area contributed by atoms with Crippen LogP contribution in [0.4, 0.5) is 0 Å². The Morgan fingerprint density at radius 3 is 2.67 bits per heavy atom. The molecule has 0 bridgehead atoms. The first kappa shape index (κ1) is 19.6. The normalized spacial score (nSPS) is 11.3. The zero-order valence-electron chi connectivity index (χ0n) is 17.1. The zero-order valence-corrected chi connectivity index (χ0v) is 17.1. The van der Waals surface area contributed by atoms with Gasteiger partial charge in [0.25, 0.3) is 0 Å². The van der Waals surface area contributed by atoms with E-state index in [1.165, 1.54) is 0 Å². The van der Waals surface area contributed by atoms with E-state index in [4.69, 9.17) is 4.74 Å². The van der Waals surface area contributed by atoms with Crippen LogP contribution in [0, 0.1) is 13.8 Å². The maximum absolute atomic E-state index is 12.3. The van der Waals surface area contributed by atoms with Crippen molar-refractivity contribution in [3.63, 3.8) is 0 Å². The van der Waals surface area contributed by atoms with E-state index in [-0.39, 0.29) is 18.9 Å². The van der Waals surface area contributed by atoms with E-state index in [2.05, 4.69) is 27.1 Å². The van der Waals surface area contributed by atoms with Crippen LogP contribution in [0.2, 0.25) is 0 Å². The van der Waals surface area contributed by atoms with Crippen molar-refractivity contribution < 1.29 is 9.53 Å². The van der Waals surface area contributed by atoms with Crippen LogP contribution in [-0.2, 0) is 4.79 Å². The van der Waals surface area contributed by atoms with Gasteiger partial charge >= 0.3 is 0 Å². The van der Waals surface area contributed by atoms with Crippen molar-refractivity contribution in [2.45, 2.75) is 13.8 Å². The highest BCUT2D eigenvalue weighted by Gasteiger charge is 2.10. The number of nitrogens with zero attached hydrogens (tertiary/aromatic N) is 2. The number of aryl methyl sites for hydroxylation is 2. The maximum Gasteiger partial charge on any atom is 0.191 e. The van der Waals surface area contributed by atoms with Gasteiger partial charge in [0.1, 0.15) is 18.9 Å². The Morgan fingerprint density at radius 2 is 1.90 bits per heavy atom. The summed E-state index contributed by atoms with van der Waals surface area (Å²) in [4.78, 5) is 23.9. The molecule has 30 heavy (non-hydrogen) atoms. The van der Waals surface area contributed by atoms with Crippen LogP contribution in [0.25, 0.3) is 22.0 Å². The molecule has 0 aliphatic rings. The molecule has 0 spiro atoms. The number of carbonyl (C=O) groups is 1. The van der Waals surface area contributed by atoms with Crippen molar-refractivity contribution in [3.05, 3.63) is 83.8 Å². The van der Waals surface area contributed by atoms with Gasteiger partial charge < -0.3 is 9.72 Å². The standard InChI is InChI=1S/C25H23N3O2/c1-17-10-20(19-6-5-9-26-12-19)11-18(2)25(17)30-16-22(29)15-27-13-21-14-28-24-8-4-3-7-23(21)24/h3-14,28H,15-16H2,1-2H3. The summed E-state index contributed by atoms with van der Waals surface area (Å²) in [5, 5.41) is 1.09. The third-order valence-electron chi connectivity index (χ3n) is 4.95. The van der Waals surface area contributed by atoms with Crippen LogP contribution in [0.15, 0.2) is 72.1 Å². The summed E-state index contributed by atoms with van der Waals surface area (Å²) < 4.78 is 5.83. The molecule has 4 aromatic rings. The zero-order chi connectivity index (χ0) is 20.9. The summed E-state index contributed by atoms with van der Waals surface area (Å²) in [6.45, 7) is 4.06. The molecule has 2 heterocycles. The van der Waals surface area contributed by atoms with Crippen molar-refractivity contribution in [1.29, 1.82) is 0 Å². The van der Waals surface area contributed by atoms with Crippen LogP contribution in [0.5, 0.6) is 5.75 Å². The van der Waals surface area contributed by atoms with Crippen LogP contribution < -0.4 is 4.74 Å². The molecule has 4 rings (SSSR count). The number of benzene rings is 2. The number of ketones is 1. The lowest BCUT2D eigenvalue weighted by Gasteiger charge is -2.13. The molecule has 0 aliphatic carbocycles. The van der Waals surface area contributed by atoms with Gasteiger partial charge in [0.15, 0.2) is 5.78 Å². The van der Waals surface area contributed by atoms with E-state index in [1.807, 2.05) is 62.6 Å². The van der Waals surface area contributed by atoms with Crippen molar-refractivity contribution in [1.82, 2.24) is 9.97 Å². The number of Topliss-reactive ketones (excluding diaryl/α,β-unsaturated/α-hetero) is 1. The Labute approximate surface area is 175 Å². The number of fused-ring (bicyclic) bond motifs is 1. The molecule has 5 heteroatoms. The average Bonchev–Trinajstić information content (AvgIpc) is 3.17. The number of pyridine rings is 1. The highest BCUT2D eigenvalue weighted by Crippen LogP contribution is 2.29. The summed E-state index contributed by atoms with van der Waals surface area (Å²) in [5.41, 5.74) is 6.14. The van der Waals surface area contributed by atoms with Gasteiger partial charge in [-0.15, -0.1) is 0 Å². The molecule has 0 fully saturated rings. The van der Waals surface area contributed by atoms with E-state index in [1.54, 1.807) is 12.4 Å². The van der Waals surface area contributed by atoms with Gasteiger partial charge in [0.2, 0.25) is 0 Å². The fourth-order valence-corrected chi connectivity index (χ4v) is 3.52. The second-order valence-corrected chi connectivity index (χ2v) is 7.27. The first-order chi connectivity index (χ1) is 14.6. The molecular weight excluding hydrogens is 374 g/mol. The molecular formula is C25H23N3O2. The Balaban J connectivity index is 1.38. The Bertz CT molecular complexity index is 1190. The van der Waals surface area contributed by atoms with Gasteiger partial charge in [-0.1, -0.05) is 24.3 Å². The summed E-state index contributed by atoms with van der Waals surface area (Å²) in [6.07, 6.45) is 7.22. The molecule has 150 valence electrons. The number of carbonyl (C=O) groups excluding carboxylic acids is 1. The van der Waals surface area contributed by atoms with Crippen LogP contribution in [0.3, 0.4) is 0 Å². The number of aromatic nitrogens is 2. The maximum atomic E-state index is 12.3. The molecule has 0 amide bonds. The van der Waals surface area contributed by atoms with Crippen LogP contribution in [-0.4, -0.2) is 35.1 Å². The predicted octanol–water partition coefficient (Wildman–Crippen LogP) is 4.91. The van der Waals surface area contributed by atoms with Gasteiger partial charge in [-0.05, 0) is 54.8 Å². The molecule has 2 aromatic heterocycles. The minimum absolute atomic E-state index is 0.000849. The highest BCUT2D eigenvalue weighted by molar-refractivity contribution is 5.99. The SMILES string of the molecule is Cc1cc(-c2cccnc2)cc(C)c1OCC(=O)CN=Cc1c[nH]c2ccccc12. The topological polar surface area (TPSA) is 67.3 Å². The fourth-order valence-electron chi connectivity index (χ4n) is 3.52. The van der Waals surface area contributed by atoms with Gasteiger partial charge in [-0.2, -0.15) is 0 Å². The molecule has 0 atom stereocenters. The number of nitrogens with one attached hydrogen (secondary N) is 1. The molecule has 0 saturated carbocycles. The number of hydrogen-bond acceptors (Lipinski definition) is 4. The number of hydrogen-bond donors (Lipinski definition) is 1. The summed E-state index contributed by atoms with van der Waals surface area (Å²) in [5.74, 6) is 0.679. The quantitative estimate of drug-likeness (QED) is 0.450. The number of aromatic amines is 1. The van der Waals surface area contributed by atoms with Crippen molar-refractivity contribution in [2.24, 2.45) is 4.99 Å². The first-order valence-electron chi connectivity index (χ1n) is 9.84. The molecule has 5 nitrogen and oxygen atoms in total. The van der Waals surface area contributed by atoms with E-state index < -0.39 is 0 Å². The Morgan fingerprint density at radius 1 is 1.10 bits per heavy atom. The van der Waals surface area contributed by atoms with Gasteiger partial charge in [0, 0.05) is 46.8 Å². The number of rotatable bonds is 7. The predicted molar refractivity (Wildman–Crippen MR) is 120 cm³/mol. The summed E-state index contributed by atoms with van der Waals surface area (Å²) >= 11 is 0. The third kappa shape index (κ3) is 4.30. The molecule has 1 N–H and O–H groups in total. The fraction of sp³-hybridized carbons (Fsp3) is 0.160. The lowest BCUT2D eigenvalue weighted by molar-refractivity contribution is -0.119. The van der Waals surface area contributed by atoms with E-state index in [0.717, 1.165) is 44.5 Å². The molecule has 0 saturated heterocycles.